The van der Waals surface area contributed by atoms with E-state index in [2.05, 4.69) is 53.7 Å². The molecule has 28 heteroatoms. The Morgan fingerprint density at radius 1 is 0.425 bits per heavy atom. The number of allylic oxidation sites excluding steroid dienone is 1. The van der Waals surface area contributed by atoms with Crippen molar-refractivity contribution in [1.29, 1.82) is 0 Å². The zero-order valence-electron chi connectivity index (χ0n) is 56.6. The molecule has 3 aromatic heterocycles. The van der Waals surface area contributed by atoms with E-state index in [9.17, 15) is 63.5 Å². The van der Waals surface area contributed by atoms with Gasteiger partial charge in [-0.05, 0) is 167 Å². The minimum absolute atomic E-state index is 0. The van der Waals surface area contributed by atoms with Crippen molar-refractivity contribution >= 4 is 57.6 Å². The Hall–Kier alpha value is -12.1. The smallest absolute Gasteiger partial charge is 0.416 e. The number of hydrogen-bond donors (Lipinski definition) is 3. The highest BCUT2D eigenvalue weighted by atomic mass is 35.5. The average molecular weight is 1480 g/mol. The number of amides is 1. The van der Waals surface area contributed by atoms with Gasteiger partial charge in [-0.2, -0.15) is 39.5 Å². The van der Waals surface area contributed by atoms with Crippen molar-refractivity contribution in [2.24, 2.45) is 0 Å². The number of aryl methyl sites for hydroxylation is 3. The van der Waals surface area contributed by atoms with Crippen molar-refractivity contribution in [1.82, 2.24) is 29.9 Å². The molecule has 10 aromatic rings. The summed E-state index contributed by atoms with van der Waals surface area (Å²) in [7, 11) is 1.62. The molecule has 0 unspecified atom stereocenters. The third-order valence-corrected chi connectivity index (χ3v) is 15.0. The fraction of sp³-hybridized carbons (Fsp3) is 0.192. The van der Waals surface area contributed by atoms with Gasteiger partial charge in [0.1, 0.15) is 76.8 Å². The molecule has 0 atom stereocenters. The second-order valence-corrected chi connectivity index (χ2v) is 23.4. The van der Waals surface area contributed by atoms with Crippen LogP contribution in [0.15, 0.2) is 214 Å². The number of ketones is 3. The third kappa shape index (κ3) is 27.6. The molecule has 0 bridgehead atoms. The molecule has 0 saturated carbocycles. The molecule has 0 aliphatic heterocycles. The second kappa shape index (κ2) is 38.9. The summed E-state index contributed by atoms with van der Waals surface area (Å²) in [6, 6.07) is 44.5. The van der Waals surface area contributed by atoms with Gasteiger partial charge in [0.05, 0.1) is 23.8 Å². The number of ether oxygens (including phenoxy) is 4. The van der Waals surface area contributed by atoms with Gasteiger partial charge in [-0.15, -0.1) is 0 Å². The molecule has 4 N–H and O–H groups in total. The van der Waals surface area contributed by atoms with E-state index in [1.54, 1.807) is 98.1 Å². The van der Waals surface area contributed by atoms with E-state index >= 15 is 0 Å². The largest absolute Gasteiger partial charge is 0.497 e. The molecule has 0 fully saturated rings. The summed E-state index contributed by atoms with van der Waals surface area (Å²) in [4.78, 5) is 81.9. The van der Waals surface area contributed by atoms with Crippen molar-refractivity contribution in [3.63, 3.8) is 0 Å². The number of nitrogens with one attached hydrogen (secondary N) is 2. The van der Waals surface area contributed by atoms with Crippen molar-refractivity contribution in [2.45, 2.75) is 91.8 Å². The van der Waals surface area contributed by atoms with Gasteiger partial charge in [-0.25, -0.2) is 29.9 Å². The topological polar surface area (TPSA) is 250 Å². The molecule has 552 valence electrons. The lowest BCUT2D eigenvalue weighted by Gasteiger charge is -2.12. The SMILES string of the molecule is C.C=CC(=O)Cl.C=CC(=O)Nc1cc(Oc2ccc(CC(=O)Cc3ccc(C)c(C(F)(F)F)c3)cc2)ncn1.COc1ccc(CNc2cc(Oc3ccc(CC(=O)Cc4ccc(C)c(C(F)(F)F)c4)cc3)ncn2)cc1.Cc1ccc(CC(=O)Cc2ccc(Oc3cc(N)ncn3)cc2)cc1C(F)(F)F. The van der Waals surface area contributed by atoms with Crippen molar-refractivity contribution < 1.29 is 82.4 Å². The van der Waals surface area contributed by atoms with E-state index in [1.807, 2.05) is 24.3 Å². The number of carbonyl (C=O) groups is 5. The van der Waals surface area contributed by atoms with Gasteiger partial charge in [0, 0.05) is 63.3 Å². The molecule has 1 amide bonds. The quantitative estimate of drug-likeness (QED) is 0.0273. The summed E-state index contributed by atoms with van der Waals surface area (Å²) in [5.41, 5.74) is 8.00. The molecule has 18 nitrogen and oxygen atoms in total. The first-order valence-electron chi connectivity index (χ1n) is 31.5. The minimum Gasteiger partial charge on any atom is -0.497 e. The van der Waals surface area contributed by atoms with Gasteiger partial charge in [0.25, 0.3) is 0 Å². The summed E-state index contributed by atoms with van der Waals surface area (Å²) in [5.74, 6) is 3.23. The summed E-state index contributed by atoms with van der Waals surface area (Å²) >= 11 is 4.71. The number of nitrogens with zero attached hydrogens (tertiary/aromatic N) is 6. The van der Waals surface area contributed by atoms with Crippen LogP contribution in [0.3, 0.4) is 0 Å². The van der Waals surface area contributed by atoms with Crippen molar-refractivity contribution in [2.75, 3.05) is 23.5 Å². The number of benzene rings is 7. The second-order valence-electron chi connectivity index (χ2n) is 23.0. The lowest BCUT2D eigenvalue weighted by Crippen LogP contribution is -2.11. The number of methoxy groups -OCH3 is 1. The van der Waals surface area contributed by atoms with Gasteiger partial charge in [-0.3, -0.25) is 24.0 Å². The maximum atomic E-state index is 13.1. The molecule has 0 aliphatic rings. The predicted molar refractivity (Wildman–Crippen MR) is 383 cm³/mol. The fourth-order valence-electron chi connectivity index (χ4n) is 9.67. The Morgan fingerprint density at radius 2 is 0.726 bits per heavy atom. The summed E-state index contributed by atoms with van der Waals surface area (Å²) in [5, 5.41) is 5.20. The normalized spacial score (nSPS) is 10.8. The van der Waals surface area contributed by atoms with Gasteiger partial charge < -0.3 is 35.3 Å². The molecule has 0 aliphatic carbocycles. The monoisotopic (exact) mass is 1480 g/mol. The van der Waals surface area contributed by atoms with Crippen molar-refractivity contribution in [3.05, 3.63) is 286 Å². The van der Waals surface area contributed by atoms with Crippen molar-refractivity contribution in [3.8, 4) is 40.6 Å². The fourth-order valence-corrected chi connectivity index (χ4v) is 9.67. The van der Waals surface area contributed by atoms with Crippen LogP contribution in [-0.2, 0) is 87.6 Å². The summed E-state index contributed by atoms with van der Waals surface area (Å²) in [6.45, 7) is 11.2. The highest BCUT2D eigenvalue weighted by Gasteiger charge is 2.35. The Morgan fingerprint density at radius 3 is 1.06 bits per heavy atom. The van der Waals surface area contributed by atoms with Gasteiger partial charge >= 0.3 is 18.5 Å². The van der Waals surface area contributed by atoms with E-state index in [1.165, 1.54) is 76.2 Å². The lowest BCUT2D eigenvalue weighted by molar-refractivity contribution is -0.138. The molecule has 0 spiro atoms. The van der Waals surface area contributed by atoms with Crippen LogP contribution < -0.4 is 35.3 Å². The predicted octanol–water partition coefficient (Wildman–Crippen LogP) is 17.8. The standard InChI is InChI=1S/C29H26F3N3O3.C24H20F3N3O3.C21H18F3N3O2.C3H3ClO.CH4/c1-19-3-4-22(15-26(19)29(30,31)32)14-23(36)13-20-5-11-25(12-6-20)38-28-16-27(34-18-35-28)33-17-21-7-9-24(37-2)10-8-21;1-3-22(32)30-21-13-23(29-14-28-21)33-19-8-6-16(7-9-19)10-18(31)11-17-5-4-15(2)20(12-17)24(25,26)27;1-13-2-3-15(10-18(13)21(22,23)24)9-16(28)8-14-4-6-17(7-5-14)29-20-11-19(25)26-12-27-20;1-2-3(4)5;/h3-12,15-16,18H,13-14,17H2,1-2H3,(H,33,34,35);3-9,12-14H,1,10-11H2,2H3,(H,28,29,30,32);2-7,10-12H,8-9H2,1H3,(H2,25,26,27);2H,1H2;1H4. The highest BCUT2D eigenvalue weighted by Crippen LogP contribution is 2.36. The molecule has 0 radical (unpaired) electrons. The van der Waals surface area contributed by atoms with Gasteiger partial charge in [-0.1, -0.05) is 106 Å². The van der Waals surface area contributed by atoms with E-state index in [0.717, 1.165) is 52.8 Å². The summed E-state index contributed by atoms with van der Waals surface area (Å²) < 4.78 is 140. The van der Waals surface area contributed by atoms with Gasteiger partial charge in [0.2, 0.25) is 28.8 Å². The third-order valence-electron chi connectivity index (χ3n) is 14.8. The van der Waals surface area contributed by atoms with Crippen LogP contribution in [0.5, 0.6) is 40.6 Å². The number of carbonyl (C=O) groups excluding carboxylic acids is 5. The Bertz CT molecular complexity index is 4660. The number of Topliss-reactive ketones (excluding diaryl/α,β-unsaturated/α-hetero) is 3. The van der Waals surface area contributed by atoms with Crippen LogP contribution in [0.2, 0.25) is 0 Å². The van der Waals surface area contributed by atoms with Crippen LogP contribution in [0.1, 0.15) is 79.8 Å². The number of anilines is 3. The molecular weight excluding hydrogens is 1410 g/mol. The first-order chi connectivity index (χ1) is 49.8. The van der Waals surface area contributed by atoms with Crippen LogP contribution in [0.25, 0.3) is 0 Å². The maximum Gasteiger partial charge on any atom is 0.416 e. The molecular formula is C78H71ClF9N9O9. The first kappa shape index (κ1) is 82.8. The average Bonchev–Trinajstić information content (AvgIpc) is 0.826. The number of rotatable bonds is 25. The number of hydrogen-bond acceptors (Lipinski definition) is 17. The highest BCUT2D eigenvalue weighted by molar-refractivity contribution is 6.66. The maximum absolute atomic E-state index is 13.1. The lowest BCUT2D eigenvalue weighted by atomic mass is 9.99. The number of aromatic nitrogens is 6. The molecule has 10 rings (SSSR count). The molecule has 106 heavy (non-hydrogen) atoms. The van der Waals surface area contributed by atoms with Crippen LogP contribution in [-0.4, -0.2) is 65.5 Å². The number of halogens is 10. The Kier molecular flexibility index (Phi) is 30.4. The van der Waals surface area contributed by atoms with Gasteiger partial charge in [0.15, 0.2) is 0 Å². The van der Waals surface area contributed by atoms with Crippen LogP contribution in [0.4, 0.5) is 57.0 Å². The Labute approximate surface area is 609 Å². The minimum atomic E-state index is -4.46. The molecule has 3 heterocycles. The number of nitrogens with two attached hydrogens (primary N) is 1. The zero-order valence-corrected chi connectivity index (χ0v) is 57.4. The Balaban J connectivity index is 0.000000242. The van der Waals surface area contributed by atoms with E-state index in [0.29, 0.717) is 63.6 Å². The van der Waals surface area contributed by atoms with E-state index < -0.39 is 46.4 Å². The molecule has 0 saturated heterocycles. The van der Waals surface area contributed by atoms with Crippen LogP contribution in [0, 0.1) is 20.8 Å². The molecule has 7 aromatic carbocycles. The first-order valence-corrected chi connectivity index (χ1v) is 31.9. The zero-order chi connectivity index (χ0) is 76.4. The van der Waals surface area contributed by atoms with Crippen LogP contribution >= 0.6 is 11.6 Å². The van der Waals surface area contributed by atoms with E-state index in [-0.39, 0.29) is 97.5 Å². The number of nitrogen functional groups attached to an aromatic ring is 1. The summed E-state index contributed by atoms with van der Waals surface area (Å²) in [6.07, 6.45) is -7.24. The number of alkyl halides is 9. The van der Waals surface area contributed by atoms with E-state index in [4.69, 9.17) is 36.3 Å².